The molecule has 1 heterocycles. The molecule has 7 aliphatic rings. The number of fused-ring (bicyclic) bond motifs is 7. The summed E-state index contributed by atoms with van der Waals surface area (Å²) in [6, 6.07) is 2.13. The van der Waals surface area contributed by atoms with Crippen molar-refractivity contribution >= 4 is 62.3 Å². The highest BCUT2D eigenvalue weighted by Crippen LogP contribution is 2.71. The van der Waals surface area contributed by atoms with E-state index in [4.69, 9.17) is 19.3 Å². The summed E-state index contributed by atoms with van der Waals surface area (Å²) in [7, 11) is 0. The van der Waals surface area contributed by atoms with Crippen LogP contribution in [0.3, 0.4) is 0 Å². The number of nitrogens with one attached hydrogen (secondary N) is 3. The Morgan fingerprint density at radius 2 is 1.85 bits per heavy atom. The van der Waals surface area contributed by atoms with Gasteiger partial charge < -0.3 is 40.4 Å². The number of carbonyl (C=O) groups is 6. The smallest absolute Gasteiger partial charge is 0.303 e. The van der Waals surface area contributed by atoms with Crippen molar-refractivity contribution in [1.82, 2.24) is 16.0 Å². The van der Waals surface area contributed by atoms with Crippen molar-refractivity contribution in [2.24, 2.45) is 34.0 Å². The molecule has 0 radical (unpaired) electrons. The van der Waals surface area contributed by atoms with Gasteiger partial charge >= 0.3 is 5.97 Å². The van der Waals surface area contributed by atoms with Gasteiger partial charge in [0.15, 0.2) is 17.7 Å². The molecule has 1 spiro atoms. The van der Waals surface area contributed by atoms with Crippen LogP contribution in [0.5, 0.6) is 5.75 Å². The first kappa shape index (κ1) is 44.9. The average molecular weight is 949 g/mol. The lowest BCUT2D eigenvalue weighted by Gasteiger charge is -2.59. The fraction of sp³-hybridized carbons (Fsp3) is 0.636. The molecule has 1 saturated heterocycles. The fourth-order valence-electron chi connectivity index (χ4n) is 12.4. The molecule has 5 saturated carbocycles. The number of rotatable bonds is 14. The predicted octanol–water partition coefficient (Wildman–Crippen LogP) is 4.72. The minimum Gasteiger partial charge on any atom is -0.490 e. The van der Waals surface area contributed by atoms with Crippen molar-refractivity contribution in [3.05, 3.63) is 53.4 Å². The maximum absolute atomic E-state index is 16.0. The topological polar surface area (TPSA) is 207 Å². The minimum absolute atomic E-state index is 0.00128. The molecule has 8 rings (SSSR count). The van der Waals surface area contributed by atoms with Gasteiger partial charge in [-0.25, -0.2) is 8.78 Å². The Bertz CT molecular complexity index is 2090. The Kier molecular flexibility index (Phi) is 12.3. The van der Waals surface area contributed by atoms with E-state index in [2.05, 4.69) is 38.8 Å². The quantitative estimate of drug-likeness (QED) is 0.161. The van der Waals surface area contributed by atoms with Crippen LogP contribution in [-0.2, 0) is 38.2 Å². The van der Waals surface area contributed by atoms with E-state index < -0.39 is 81.6 Å². The van der Waals surface area contributed by atoms with Crippen molar-refractivity contribution < 1.29 is 62.0 Å². The molecule has 0 bridgehead atoms. The summed E-state index contributed by atoms with van der Waals surface area (Å²) in [6.45, 7) is 3.62. The Balaban J connectivity index is 0.878. The van der Waals surface area contributed by atoms with Crippen LogP contribution in [0.4, 0.5) is 8.78 Å². The molecule has 3 amide bonds. The lowest BCUT2D eigenvalue weighted by atomic mass is 9.46. The number of hydrogen-bond donors (Lipinski definition) is 5. The Morgan fingerprint density at radius 1 is 1.10 bits per heavy atom. The zero-order chi connectivity index (χ0) is 44.4. The monoisotopic (exact) mass is 947 g/mol. The Morgan fingerprint density at radius 3 is 2.55 bits per heavy atom. The molecule has 14 nitrogen and oxygen atoms in total. The van der Waals surface area contributed by atoms with Crippen molar-refractivity contribution in [3.8, 4) is 5.75 Å². The number of benzene rings is 1. The number of aliphatic hydroxyl groups excluding tert-OH is 1. The molecule has 6 aliphatic carbocycles. The summed E-state index contributed by atoms with van der Waals surface area (Å²) >= 11 is 3.49. The van der Waals surface area contributed by atoms with Crippen molar-refractivity contribution in [2.45, 2.75) is 120 Å². The van der Waals surface area contributed by atoms with E-state index in [0.717, 1.165) is 5.57 Å². The summed E-state index contributed by atoms with van der Waals surface area (Å²) in [4.78, 5) is 74.4. The third-order valence-electron chi connectivity index (χ3n) is 15.1. The van der Waals surface area contributed by atoms with Gasteiger partial charge in [-0.3, -0.25) is 28.8 Å². The Labute approximate surface area is 370 Å². The normalized spacial score (nSPS) is 37.9. The van der Waals surface area contributed by atoms with E-state index in [1.807, 2.05) is 13.0 Å². The maximum Gasteiger partial charge on any atom is 0.303 e. The van der Waals surface area contributed by atoms with Crippen LogP contribution in [0, 0.1) is 39.8 Å². The van der Waals surface area contributed by atoms with E-state index in [0.29, 0.717) is 62.5 Å². The zero-order valence-corrected chi connectivity index (χ0v) is 36.9. The molecule has 1 aliphatic heterocycles. The summed E-state index contributed by atoms with van der Waals surface area (Å²) in [5, 5.41) is 28.3. The van der Waals surface area contributed by atoms with Gasteiger partial charge in [-0.05, 0) is 99.3 Å². The number of aliphatic carboxylic acids is 1. The molecule has 0 unspecified atom stereocenters. The number of hydrogen-bond acceptors (Lipinski definition) is 11. The van der Waals surface area contributed by atoms with E-state index in [9.17, 15) is 38.3 Å². The second-order valence-electron chi connectivity index (χ2n) is 18.7. The number of ketones is 1. The van der Waals surface area contributed by atoms with Crippen LogP contribution in [0.1, 0.15) is 89.9 Å². The summed E-state index contributed by atoms with van der Waals surface area (Å²) in [5.74, 6) is -3.44. The van der Waals surface area contributed by atoms with Gasteiger partial charge in [-0.2, -0.15) is 0 Å². The summed E-state index contributed by atoms with van der Waals surface area (Å²) in [5.41, 5.74) is -2.13. The minimum atomic E-state index is -1.64. The zero-order valence-electron chi connectivity index (χ0n) is 34.5. The maximum atomic E-state index is 16.0. The third kappa shape index (κ3) is 7.83. The van der Waals surface area contributed by atoms with Gasteiger partial charge in [0.05, 0.1) is 30.2 Å². The van der Waals surface area contributed by atoms with Crippen LogP contribution in [0.25, 0.3) is 0 Å². The van der Waals surface area contributed by atoms with E-state index in [1.165, 1.54) is 12.1 Å². The van der Waals surface area contributed by atoms with Crippen LogP contribution in [-0.4, -0.2) is 98.7 Å². The number of allylic oxidation sites excluding steroid dienone is 4. The van der Waals surface area contributed by atoms with Gasteiger partial charge in [-0.15, -0.1) is 0 Å². The second kappa shape index (κ2) is 17.0. The lowest BCUT2D eigenvalue weighted by Crippen LogP contribution is -2.62. The molecule has 1 aromatic rings. The number of carboxylic acid groups (broad SMARTS) is 1. The van der Waals surface area contributed by atoms with Crippen LogP contribution in [0.15, 0.2) is 42.0 Å². The van der Waals surface area contributed by atoms with Gasteiger partial charge in [0, 0.05) is 40.8 Å². The largest absolute Gasteiger partial charge is 0.490 e. The standard InChI is InChI=1S/C44H52BrF2N3O11S/c1-41-10-9-24(51)11-22(41)3-5-27-29-13-33-44(40(58)62-21-46,42(29,2)18-32(52)37(27)41)61-39(60-33)28-6-4-25(12-30(28)47)59-26-16-43(17-26)14-23(15-43)49-38(57)31(7-8-36(55)56)50-35(54)20-48-34(53)19-45/h4,6,9-12,23,26-27,29,31-33,37,39,52H,3,5,7-8,13-21H2,1-2H3,(H,48,53)(H,49,57)(H,50,54)(H,55,56)/t23?,26?,27-,29-,31-,32-,33+,37+,39+,41-,42-,43?,44-/m0/s1. The molecule has 6 fully saturated rings. The number of alkyl halides is 2. The van der Waals surface area contributed by atoms with Crippen LogP contribution >= 0.6 is 27.7 Å². The number of carboxylic acids is 1. The number of ether oxygens (including phenoxy) is 3. The molecule has 62 heavy (non-hydrogen) atoms. The lowest BCUT2D eigenvalue weighted by molar-refractivity contribution is -0.195. The van der Waals surface area contributed by atoms with Crippen LogP contribution in [0.2, 0.25) is 0 Å². The predicted molar refractivity (Wildman–Crippen MR) is 223 cm³/mol. The molecule has 10 atom stereocenters. The molecule has 18 heteroatoms. The summed E-state index contributed by atoms with van der Waals surface area (Å²) in [6.07, 6.45) is 6.18. The van der Waals surface area contributed by atoms with Gasteiger partial charge in [-0.1, -0.05) is 53.2 Å². The average Bonchev–Trinajstić information content (AvgIpc) is 3.69. The summed E-state index contributed by atoms with van der Waals surface area (Å²) < 4.78 is 49.1. The third-order valence-corrected chi connectivity index (χ3v) is 16.3. The number of halogens is 3. The highest BCUT2D eigenvalue weighted by atomic mass is 79.9. The van der Waals surface area contributed by atoms with Crippen LogP contribution < -0.4 is 20.7 Å². The first-order chi connectivity index (χ1) is 29.4. The van der Waals surface area contributed by atoms with E-state index in [1.54, 1.807) is 18.2 Å². The molecular formula is C44H52BrF2N3O11S. The van der Waals surface area contributed by atoms with Gasteiger partial charge in [0.2, 0.25) is 22.8 Å². The van der Waals surface area contributed by atoms with Crippen molar-refractivity contribution in [1.29, 1.82) is 0 Å². The highest BCUT2D eigenvalue weighted by molar-refractivity contribution is 9.09. The van der Waals surface area contributed by atoms with Crippen molar-refractivity contribution in [2.75, 3.05) is 17.9 Å². The number of thioether (sulfide) groups is 1. The van der Waals surface area contributed by atoms with Gasteiger partial charge in [0.25, 0.3) is 0 Å². The van der Waals surface area contributed by atoms with Crippen molar-refractivity contribution in [3.63, 3.8) is 0 Å². The van der Waals surface area contributed by atoms with Gasteiger partial charge in [0.1, 0.15) is 23.6 Å². The number of carbonyl (C=O) groups excluding carboxylic acids is 5. The molecule has 1 aromatic carbocycles. The SMILES string of the molecule is C[C@]12C=CC(=O)C=C1CC[C@@H]1[C@@H]2[C@@H](O)C[C@@]2(C)[C@H]1C[C@H]1O[C@@H](c3ccc(OC4CC5(CC(NC(=O)[C@H](CCC(=O)O)NC(=O)CNC(=O)CBr)C5)C4)cc3F)O[C@]12C(=O)SCF. The molecule has 0 aromatic heterocycles. The number of aliphatic hydroxyl groups is 1. The van der Waals surface area contributed by atoms with E-state index in [-0.39, 0.29) is 77.8 Å². The first-order valence-electron chi connectivity index (χ1n) is 21.2. The highest BCUT2D eigenvalue weighted by Gasteiger charge is 2.76. The molecular weight excluding hydrogens is 896 g/mol. The molecule has 336 valence electrons. The first-order valence-corrected chi connectivity index (χ1v) is 23.3. The fourth-order valence-corrected chi connectivity index (χ4v) is 13.3. The van der Waals surface area contributed by atoms with E-state index >= 15 is 4.39 Å². The molecule has 5 N–H and O–H groups in total. The Hall–Kier alpha value is -3.71. The second-order valence-corrected chi connectivity index (χ2v) is 20.1. The number of amides is 3.